The molecule has 0 saturated carbocycles. The topological polar surface area (TPSA) is 95.9 Å². The SMILES string of the molecule is O=C(N[C@H](CO)C(=O)O)c1cccc(OC(F)F)c1. The standard InChI is InChI=1S/C11H11F2NO5/c12-11(13)19-7-3-1-2-6(4-7)9(16)14-8(5-15)10(17)18/h1-4,8,11,15H,5H2,(H,14,16)(H,17,18)/t8-/m1/s1. The highest BCUT2D eigenvalue weighted by Gasteiger charge is 2.19. The summed E-state index contributed by atoms with van der Waals surface area (Å²) >= 11 is 0. The maximum Gasteiger partial charge on any atom is 0.387 e. The Morgan fingerprint density at radius 1 is 1.37 bits per heavy atom. The third-order valence-electron chi connectivity index (χ3n) is 2.11. The molecule has 1 atom stereocenters. The van der Waals surface area contributed by atoms with Crippen molar-refractivity contribution < 1.29 is 33.3 Å². The second-order valence-corrected chi connectivity index (χ2v) is 3.45. The van der Waals surface area contributed by atoms with Crippen molar-refractivity contribution in [2.75, 3.05) is 6.61 Å². The van der Waals surface area contributed by atoms with Crippen LogP contribution < -0.4 is 10.1 Å². The van der Waals surface area contributed by atoms with E-state index in [0.29, 0.717) is 0 Å². The number of nitrogens with one attached hydrogen (secondary N) is 1. The molecule has 19 heavy (non-hydrogen) atoms. The quantitative estimate of drug-likeness (QED) is 0.701. The molecule has 8 heteroatoms. The smallest absolute Gasteiger partial charge is 0.387 e. The van der Waals surface area contributed by atoms with Gasteiger partial charge in [0.15, 0.2) is 6.04 Å². The van der Waals surface area contributed by atoms with Crippen molar-refractivity contribution in [2.24, 2.45) is 0 Å². The number of carbonyl (C=O) groups excluding carboxylic acids is 1. The van der Waals surface area contributed by atoms with E-state index in [-0.39, 0.29) is 11.3 Å². The molecule has 0 aliphatic rings. The highest BCUT2D eigenvalue weighted by Crippen LogP contribution is 2.15. The summed E-state index contributed by atoms with van der Waals surface area (Å²) in [6.07, 6.45) is 0. The van der Waals surface area contributed by atoms with Crippen LogP contribution in [-0.2, 0) is 4.79 Å². The summed E-state index contributed by atoms with van der Waals surface area (Å²) < 4.78 is 28.1. The minimum absolute atomic E-state index is 0.0575. The average Bonchev–Trinajstić information content (AvgIpc) is 2.34. The van der Waals surface area contributed by atoms with Crippen LogP contribution >= 0.6 is 0 Å². The molecule has 0 spiro atoms. The van der Waals surface area contributed by atoms with Gasteiger partial charge in [-0.25, -0.2) is 4.79 Å². The molecule has 0 aliphatic heterocycles. The van der Waals surface area contributed by atoms with Crippen molar-refractivity contribution in [3.63, 3.8) is 0 Å². The fourth-order valence-corrected chi connectivity index (χ4v) is 1.24. The molecule has 0 unspecified atom stereocenters. The Balaban J connectivity index is 2.79. The lowest BCUT2D eigenvalue weighted by Gasteiger charge is -2.12. The van der Waals surface area contributed by atoms with E-state index >= 15 is 0 Å². The van der Waals surface area contributed by atoms with E-state index in [4.69, 9.17) is 10.2 Å². The molecule has 0 heterocycles. The highest BCUT2D eigenvalue weighted by atomic mass is 19.3. The molecule has 1 aromatic rings. The third-order valence-corrected chi connectivity index (χ3v) is 2.11. The summed E-state index contributed by atoms with van der Waals surface area (Å²) in [7, 11) is 0. The van der Waals surface area contributed by atoms with Crippen molar-refractivity contribution >= 4 is 11.9 Å². The van der Waals surface area contributed by atoms with Gasteiger partial charge >= 0.3 is 12.6 Å². The first kappa shape index (κ1) is 14.8. The first-order valence-corrected chi connectivity index (χ1v) is 5.13. The van der Waals surface area contributed by atoms with Crippen molar-refractivity contribution in [3.05, 3.63) is 29.8 Å². The van der Waals surface area contributed by atoms with Gasteiger partial charge in [0.25, 0.3) is 5.91 Å². The van der Waals surface area contributed by atoms with E-state index in [0.717, 1.165) is 6.07 Å². The number of ether oxygens (including phenoxy) is 1. The number of aliphatic hydroxyl groups is 1. The maximum atomic E-state index is 12.0. The Labute approximate surface area is 106 Å². The van der Waals surface area contributed by atoms with Gasteiger partial charge in [-0.15, -0.1) is 0 Å². The van der Waals surface area contributed by atoms with Crippen molar-refractivity contribution in [1.29, 1.82) is 0 Å². The molecule has 1 rings (SSSR count). The fraction of sp³-hybridized carbons (Fsp3) is 0.273. The minimum Gasteiger partial charge on any atom is -0.480 e. The van der Waals surface area contributed by atoms with E-state index in [9.17, 15) is 18.4 Å². The summed E-state index contributed by atoms with van der Waals surface area (Å²) in [5.41, 5.74) is -0.0575. The number of halogens is 2. The maximum absolute atomic E-state index is 12.0. The van der Waals surface area contributed by atoms with E-state index in [1.165, 1.54) is 18.2 Å². The zero-order chi connectivity index (χ0) is 14.4. The van der Waals surface area contributed by atoms with Gasteiger partial charge in [-0.3, -0.25) is 4.79 Å². The minimum atomic E-state index is -3.03. The van der Waals surface area contributed by atoms with Crippen molar-refractivity contribution in [1.82, 2.24) is 5.32 Å². The molecule has 0 aromatic heterocycles. The van der Waals surface area contributed by atoms with Gasteiger partial charge in [0.1, 0.15) is 5.75 Å². The number of benzene rings is 1. The Morgan fingerprint density at radius 3 is 2.58 bits per heavy atom. The molecule has 0 radical (unpaired) electrons. The second kappa shape index (κ2) is 6.64. The van der Waals surface area contributed by atoms with E-state index in [1.54, 1.807) is 0 Å². The number of aliphatic carboxylic acids is 1. The number of rotatable bonds is 6. The highest BCUT2D eigenvalue weighted by molar-refractivity contribution is 5.96. The van der Waals surface area contributed by atoms with Gasteiger partial charge in [-0.2, -0.15) is 8.78 Å². The van der Waals surface area contributed by atoms with Crippen LogP contribution in [-0.4, -0.2) is 41.3 Å². The van der Waals surface area contributed by atoms with Crippen molar-refractivity contribution in [2.45, 2.75) is 12.7 Å². The van der Waals surface area contributed by atoms with E-state index < -0.39 is 31.1 Å². The Morgan fingerprint density at radius 2 is 2.05 bits per heavy atom. The third kappa shape index (κ3) is 4.51. The summed E-state index contributed by atoms with van der Waals surface area (Å²) in [5.74, 6) is -2.45. The first-order chi connectivity index (χ1) is 8.93. The van der Waals surface area contributed by atoms with Crippen LogP contribution in [0.5, 0.6) is 5.75 Å². The molecular formula is C11H11F2NO5. The monoisotopic (exact) mass is 275 g/mol. The predicted octanol–water partition coefficient (Wildman–Crippen LogP) is 0.463. The largest absolute Gasteiger partial charge is 0.480 e. The number of alkyl halides is 2. The lowest BCUT2D eigenvalue weighted by atomic mass is 10.2. The number of carboxylic acid groups (broad SMARTS) is 1. The van der Waals surface area contributed by atoms with Crippen molar-refractivity contribution in [3.8, 4) is 5.75 Å². The summed E-state index contributed by atoms with van der Waals surface area (Å²) in [6.45, 7) is -3.81. The normalized spacial score (nSPS) is 12.0. The summed E-state index contributed by atoms with van der Waals surface area (Å²) in [5, 5.41) is 19.4. The molecule has 104 valence electrons. The molecule has 1 amide bonds. The Bertz CT molecular complexity index is 466. The number of carbonyl (C=O) groups is 2. The number of amides is 1. The predicted molar refractivity (Wildman–Crippen MR) is 59.0 cm³/mol. The molecule has 0 bridgehead atoms. The number of hydrogen-bond donors (Lipinski definition) is 3. The molecule has 0 aliphatic carbocycles. The second-order valence-electron chi connectivity index (χ2n) is 3.45. The van der Waals surface area contributed by atoms with Gasteiger partial charge in [-0.1, -0.05) is 6.07 Å². The zero-order valence-corrected chi connectivity index (χ0v) is 9.55. The summed E-state index contributed by atoms with van der Waals surface area (Å²) in [4.78, 5) is 22.2. The molecule has 0 saturated heterocycles. The van der Waals surface area contributed by atoms with Gasteiger partial charge in [0.2, 0.25) is 0 Å². The van der Waals surface area contributed by atoms with Crippen LogP contribution in [0, 0.1) is 0 Å². The fourth-order valence-electron chi connectivity index (χ4n) is 1.24. The van der Waals surface area contributed by atoms with Crippen LogP contribution in [0.2, 0.25) is 0 Å². The van der Waals surface area contributed by atoms with Crippen LogP contribution in [0.15, 0.2) is 24.3 Å². The van der Waals surface area contributed by atoms with Crippen LogP contribution in [0.4, 0.5) is 8.78 Å². The number of carboxylic acids is 1. The first-order valence-electron chi connectivity index (χ1n) is 5.13. The lowest BCUT2D eigenvalue weighted by Crippen LogP contribution is -2.43. The van der Waals surface area contributed by atoms with Gasteiger partial charge in [-0.05, 0) is 18.2 Å². The van der Waals surface area contributed by atoms with Gasteiger partial charge in [0.05, 0.1) is 6.61 Å². The summed E-state index contributed by atoms with van der Waals surface area (Å²) in [6, 6.07) is 3.40. The number of aliphatic hydroxyl groups excluding tert-OH is 1. The van der Waals surface area contributed by atoms with Gasteiger partial charge < -0.3 is 20.3 Å². The average molecular weight is 275 g/mol. The molecule has 1 aromatic carbocycles. The van der Waals surface area contributed by atoms with Crippen LogP contribution in [0.3, 0.4) is 0 Å². The van der Waals surface area contributed by atoms with E-state index in [1.807, 2.05) is 5.32 Å². The lowest BCUT2D eigenvalue weighted by molar-refractivity contribution is -0.140. The van der Waals surface area contributed by atoms with Gasteiger partial charge in [0, 0.05) is 5.56 Å². The number of hydrogen-bond acceptors (Lipinski definition) is 4. The molecule has 0 fully saturated rings. The molecule has 3 N–H and O–H groups in total. The van der Waals surface area contributed by atoms with E-state index in [2.05, 4.69) is 4.74 Å². The van der Waals surface area contributed by atoms with Crippen LogP contribution in [0.1, 0.15) is 10.4 Å². The molecular weight excluding hydrogens is 264 g/mol. The Kier molecular flexibility index (Phi) is 5.19. The zero-order valence-electron chi connectivity index (χ0n) is 9.55. The Hall–Kier alpha value is -2.22. The van der Waals surface area contributed by atoms with Crippen LogP contribution in [0.25, 0.3) is 0 Å². The molecule has 6 nitrogen and oxygen atoms in total.